The quantitative estimate of drug-likeness (QED) is 0.864. The molecule has 0 bridgehead atoms. The Balaban J connectivity index is 0.00000264. The van der Waals surface area contributed by atoms with E-state index in [-0.39, 0.29) is 30.3 Å². The zero-order valence-electron chi connectivity index (χ0n) is 13.6. The molecule has 128 valence electrons. The lowest BCUT2D eigenvalue weighted by Gasteiger charge is -2.31. The maximum Gasteiger partial charge on any atom is 0.307 e. The van der Waals surface area contributed by atoms with Gasteiger partial charge < -0.3 is 10.0 Å². The molecular formula is C17H25ClN2O3. The summed E-state index contributed by atoms with van der Waals surface area (Å²) in [6.45, 7) is 6.33. The minimum Gasteiger partial charge on any atom is -0.481 e. The molecule has 1 saturated heterocycles. The van der Waals surface area contributed by atoms with E-state index in [9.17, 15) is 14.7 Å². The van der Waals surface area contributed by atoms with Gasteiger partial charge in [0, 0.05) is 26.2 Å². The minimum atomic E-state index is -0.774. The van der Waals surface area contributed by atoms with Crippen molar-refractivity contribution in [1.29, 1.82) is 0 Å². The predicted molar refractivity (Wildman–Crippen MR) is 91.7 cm³/mol. The third-order valence-corrected chi connectivity index (χ3v) is 4.36. The lowest BCUT2D eigenvalue weighted by atomic mass is 10.0. The van der Waals surface area contributed by atoms with Gasteiger partial charge in [-0.25, -0.2) is 0 Å². The van der Waals surface area contributed by atoms with E-state index in [1.165, 1.54) is 0 Å². The Labute approximate surface area is 143 Å². The Kier molecular flexibility index (Phi) is 7.52. The Morgan fingerprint density at radius 2 is 1.87 bits per heavy atom. The summed E-state index contributed by atoms with van der Waals surface area (Å²) >= 11 is 0. The van der Waals surface area contributed by atoms with Crippen molar-refractivity contribution >= 4 is 24.3 Å². The van der Waals surface area contributed by atoms with Gasteiger partial charge in [-0.2, -0.15) is 0 Å². The summed E-state index contributed by atoms with van der Waals surface area (Å²) < 4.78 is 0. The molecule has 2 rings (SSSR count). The molecule has 2 atom stereocenters. The number of likely N-dealkylation sites (N-methyl/N-ethyl adjacent to an activating group) is 1. The zero-order chi connectivity index (χ0) is 16.1. The second-order valence-electron chi connectivity index (χ2n) is 5.64. The van der Waals surface area contributed by atoms with Crippen molar-refractivity contribution in [2.24, 2.45) is 5.92 Å². The van der Waals surface area contributed by atoms with Crippen LogP contribution in [0.2, 0.25) is 0 Å². The van der Waals surface area contributed by atoms with E-state index in [2.05, 4.69) is 0 Å². The normalized spacial score (nSPS) is 19.0. The fourth-order valence-electron chi connectivity index (χ4n) is 3.08. The number of hydrogen-bond acceptors (Lipinski definition) is 3. The van der Waals surface area contributed by atoms with Gasteiger partial charge in [0.25, 0.3) is 0 Å². The lowest BCUT2D eigenvalue weighted by Crippen LogP contribution is -2.42. The predicted octanol–water partition coefficient (Wildman–Crippen LogP) is 2.42. The van der Waals surface area contributed by atoms with Gasteiger partial charge in [-0.3, -0.25) is 14.5 Å². The molecule has 0 aromatic heterocycles. The summed E-state index contributed by atoms with van der Waals surface area (Å²) in [5, 5.41) is 9.20. The highest BCUT2D eigenvalue weighted by Gasteiger charge is 2.37. The van der Waals surface area contributed by atoms with E-state index < -0.39 is 5.97 Å². The van der Waals surface area contributed by atoms with Crippen LogP contribution in [0.25, 0.3) is 0 Å². The summed E-state index contributed by atoms with van der Waals surface area (Å²) in [7, 11) is 0. The Morgan fingerprint density at radius 1 is 1.26 bits per heavy atom. The maximum atomic E-state index is 12.9. The number of hydrogen-bond donors (Lipinski definition) is 1. The highest BCUT2D eigenvalue weighted by molar-refractivity contribution is 5.85. The smallest absolute Gasteiger partial charge is 0.307 e. The first kappa shape index (κ1) is 19.5. The molecule has 1 amide bonds. The average Bonchev–Trinajstić information content (AvgIpc) is 3.00. The number of amides is 1. The molecule has 0 saturated carbocycles. The second kappa shape index (κ2) is 8.89. The van der Waals surface area contributed by atoms with E-state index >= 15 is 0 Å². The Morgan fingerprint density at radius 3 is 2.35 bits per heavy atom. The number of benzene rings is 1. The number of carbonyl (C=O) groups is 2. The molecule has 1 aromatic carbocycles. The molecule has 0 spiro atoms. The third-order valence-electron chi connectivity index (χ3n) is 4.36. The molecule has 23 heavy (non-hydrogen) atoms. The highest BCUT2D eigenvalue weighted by atomic mass is 35.5. The third kappa shape index (κ3) is 4.45. The van der Waals surface area contributed by atoms with Crippen LogP contribution in [-0.4, -0.2) is 53.0 Å². The van der Waals surface area contributed by atoms with Crippen LogP contribution < -0.4 is 0 Å². The molecule has 2 unspecified atom stereocenters. The van der Waals surface area contributed by atoms with Crippen LogP contribution in [0.15, 0.2) is 30.3 Å². The van der Waals surface area contributed by atoms with E-state index in [1.807, 2.05) is 54.0 Å². The average molecular weight is 341 g/mol. The molecule has 0 radical (unpaired) electrons. The highest BCUT2D eigenvalue weighted by Crippen LogP contribution is 2.29. The number of carbonyl (C=O) groups excluding carboxylic acids is 1. The fraction of sp³-hybridized carbons (Fsp3) is 0.529. The fourth-order valence-corrected chi connectivity index (χ4v) is 3.08. The molecule has 1 heterocycles. The summed E-state index contributed by atoms with van der Waals surface area (Å²) in [4.78, 5) is 27.9. The molecule has 1 aliphatic heterocycles. The summed E-state index contributed by atoms with van der Waals surface area (Å²) in [6.07, 6.45) is 0.601. The van der Waals surface area contributed by atoms with Crippen LogP contribution in [-0.2, 0) is 9.59 Å². The molecular weight excluding hydrogens is 316 g/mol. The maximum absolute atomic E-state index is 12.9. The van der Waals surface area contributed by atoms with Crippen molar-refractivity contribution in [3.63, 3.8) is 0 Å². The van der Waals surface area contributed by atoms with Crippen LogP contribution in [0.4, 0.5) is 0 Å². The van der Waals surface area contributed by atoms with Gasteiger partial charge in [0.2, 0.25) is 5.91 Å². The first-order chi connectivity index (χ1) is 10.6. The number of likely N-dealkylation sites (tertiary alicyclic amines) is 1. The van der Waals surface area contributed by atoms with Crippen molar-refractivity contribution < 1.29 is 14.7 Å². The molecule has 1 fully saturated rings. The largest absolute Gasteiger partial charge is 0.481 e. The van der Waals surface area contributed by atoms with Gasteiger partial charge >= 0.3 is 5.97 Å². The van der Waals surface area contributed by atoms with Gasteiger partial charge in [-0.05, 0) is 25.8 Å². The van der Waals surface area contributed by atoms with Crippen LogP contribution in [0.3, 0.4) is 0 Å². The summed E-state index contributed by atoms with van der Waals surface area (Å²) in [6, 6.07) is 9.27. The van der Waals surface area contributed by atoms with Crippen molar-refractivity contribution in [2.45, 2.75) is 26.3 Å². The van der Waals surface area contributed by atoms with Gasteiger partial charge in [0.05, 0.1) is 5.92 Å². The molecule has 0 aliphatic carbocycles. The van der Waals surface area contributed by atoms with E-state index in [1.54, 1.807) is 0 Å². The van der Waals surface area contributed by atoms with Gasteiger partial charge in [0.15, 0.2) is 0 Å². The topological polar surface area (TPSA) is 60.9 Å². The summed E-state index contributed by atoms with van der Waals surface area (Å²) in [5.41, 5.74) is 0.936. The lowest BCUT2D eigenvalue weighted by molar-refractivity contribution is -0.142. The molecule has 1 aromatic rings. The molecule has 6 heteroatoms. The van der Waals surface area contributed by atoms with E-state index in [0.29, 0.717) is 32.6 Å². The number of carboxylic acid groups (broad SMARTS) is 1. The Bertz CT molecular complexity index is 520. The SMILES string of the molecule is CCN(CC)C(=O)C(c1ccccc1)N1CCC(C(=O)O)C1.Cl. The van der Waals surface area contributed by atoms with Crippen molar-refractivity contribution in [2.75, 3.05) is 26.2 Å². The van der Waals surface area contributed by atoms with Crippen molar-refractivity contribution in [3.8, 4) is 0 Å². The molecule has 1 N–H and O–H groups in total. The van der Waals surface area contributed by atoms with Crippen LogP contribution in [0.1, 0.15) is 31.9 Å². The van der Waals surface area contributed by atoms with Gasteiger partial charge in [-0.15, -0.1) is 12.4 Å². The number of carboxylic acids is 1. The first-order valence-electron chi connectivity index (χ1n) is 7.89. The van der Waals surface area contributed by atoms with E-state index in [4.69, 9.17) is 0 Å². The van der Waals surface area contributed by atoms with Crippen molar-refractivity contribution in [3.05, 3.63) is 35.9 Å². The summed E-state index contributed by atoms with van der Waals surface area (Å²) in [5.74, 6) is -1.09. The number of rotatable bonds is 6. The number of halogens is 1. The van der Waals surface area contributed by atoms with Crippen LogP contribution in [0.5, 0.6) is 0 Å². The minimum absolute atomic E-state index is 0. The second-order valence-corrected chi connectivity index (χ2v) is 5.64. The number of nitrogens with zero attached hydrogens (tertiary/aromatic N) is 2. The monoisotopic (exact) mass is 340 g/mol. The van der Waals surface area contributed by atoms with Gasteiger partial charge in [-0.1, -0.05) is 30.3 Å². The van der Waals surface area contributed by atoms with Gasteiger partial charge in [0.1, 0.15) is 6.04 Å². The standard InChI is InChI=1S/C17H24N2O3.ClH/c1-3-18(4-2)16(20)15(13-8-6-5-7-9-13)19-11-10-14(12-19)17(21)22;/h5-9,14-15H,3-4,10-12H2,1-2H3,(H,21,22);1H. The van der Waals surface area contributed by atoms with Crippen molar-refractivity contribution in [1.82, 2.24) is 9.80 Å². The first-order valence-corrected chi connectivity index (χ1v) is 7.89. The van der Waals surface area contributed by atoms with Crippen LogP contribution >= 0.6 is 12.4 Å². The molecule has 5 nitrogen and oxygen atoms in total. The molecule has 1 aliphatic rings. The van der Waals surface area contributed by atoms with E-state index in [0.717, 1.165) is 5.56 Å². The Hall–Kier alpha value is -1.59. The zero-order valence-corrected chi connectivity index (χ0v) is 14.5. The van der Waals surface area contributed by atoms with Crippen LogP contribution in [0, 0.1) is 5.92 Å². The number of aliphatic carboxylic acids is 1.